The molecule has 1 aromatic heterocycles. The molecule has 1 heterocycles. The number of hydrogen-bond acceptors (Lipinski definition) is 2. The van der Waals surface area contributed by atoms with Crippen LogP contribution in [-0.2, 0) is 5.41 Å². The fourth-order valence-electron chi connectivity index (χ4n) is 5.27. The van der Waals surface area contributed by atoms with Crippen molar-refractivity contribution >= 4 is 17.3 Å². The molecule has 0 saturated heterocycles. The molecule has 4 fully saturated rings. The van der Waals surface area contributed by atoms with E-state index in [9.17, 15) is 0 Å². The maximum absolute atomic E-state index is 6.19. The minimum absolute atomic E-state index is 0.254. The van der Waals surface area contributed by atoms with E-state index in [1.807, 2.05) is 6.07 Å². The number of pyridine rings is 1. The van der Waals surface area contributed by atoms with E-state index in [1.165, 1.54) is 38.5 Å². The summed E-state index contributed by atoms with van der Waals surface area (Å²) < 4.78 is 0. The average molecular weight is 263 g/mol. The Morgan fingerprint density at radius 3 is 2.17 bits per heavy atom. The summed E-state index contributed by atoms with van der Waals surface area (Å²) in [7, 11) is 0. The second-order valence-corrected chi connectivity index (χ2v) is 7.16. The maximum atomic E-state index is 6.19. The summed E-state index contributed by atoms with van der Waals surface area (Å²) in [6.45, 7) is 0. The van der Waals surface area contributed by atoms with E-state index in [0.717, 1.165) is 29.1 Å². The quantitative estimate of drug-likeness (QED) is 0.782. The number of nitrogen functional groups attached to an aromatic ring is 1. The Labute approximate surface area is 113 Å². The molecule has 0 spiro atoms. The van der Waals surface area contributed by atoms with Crippen LogP contribution >= 0.6 is 11.6 Å². The van der Waals surface area contributed by atoms with E-state index in [4.69, 9.17) is 17.3 Å². The van der Waals surface area contributed by atoms with E-state index >= 15 is 0 Å². The van der Waals surface area contributed by atoms with Gasteiger partial charge in [0.15, 0.2) is 0 Å². The average Bonchev–Trinajstić information content (AvgIpc) is 2.30. The number of nitrogens with zero attached hydrogens (tertiary/aromatic N) is 1. The SMILES string of the molecule is Nc1ccc(Cl)nc1C12CC3CC(CC(C3)C1)C2. The van der Waals surface area contributed by atoms with Crippen molar-refractivity contribution in [2.45, 2.75) is 43.9 Å². The van der Waals surface area contributed by atoms with Crippen LogP contribution in [-0.4, -0.2) is 4.98 Å². The van der Waals surface area contributed by atoms with Crippen LogP contribution in [0.4, 0.5) is 5.69 Å². The highest BCUT2D eigenvalue weighted by Gasteiger charge is 2.52. The van der Waals surface area contributed by atoms with Crippen LogP contribution in [0.1, 0.15) is 44.2 Å². The predicted octanol–water partition coefficient (Wildman–Crippen LogP) is 3.79. The van der Waals surface area contributed by atoms with E-state index in [1.54, 1.807) is 6.07 Å². The Morgan fingerprint density at radius 1 is 1.06 bits per heavy atom. The van der Waals surface area contributed by atoms with Crippen LogP contribution in [0.2, 0.25) is 5.15 Å². The predicted molar refractivity (Wildman–Crippen MR) is 73.5 cm³/mol. The van der Waals surface area contributed by atoms with E-state index in [2.05, 4.69) is 4.98 Å². The summed E-state index contributed by atoms with van der Waals surface area (Å²) in [6.07, 6.45) is 8.20. The summed E-state index contributed by atoms with van der Waals surface area (Å²) in [5, 5.41) is 0.593. The summed E-state index contributed by atoms with van der Waals surface area (Å²) in [4.78, 5) is 4.60. The number of nitrogens with two attached hydrogens (primary N) is 1. The van der Waals surface area contributed by atoms with Crippen molar-refractivity contribution in [1.29, 1.82) is 0 Å². The van der Waals surface area contributed by atoms with Gasteiger partial charge in [0, 0.05) is 5.41 Å². The summed E-state index contributed by atoms with van der Waals surface area (Å²) in [5.41, 5.74) is 8.40. The standard InChI is InChI=1S/C15H19ClN2/c16-13-2-1-12(17)14(18-13)15-6-9-3-10(7-15)5-11(4-9)8-15/h1-2,9-11H,3-8,17H2. The molecule has 5 rings (SSSR count). The van der Waals surface area contributed by atoms with Crippen LogP contribution < -0.4 is 5.73 Å². The fraction of sp³-hybridized carbons (Fsp3) is 0.667. The Hall–Kier alpha value is -0.760. The molecule has 0 aromatic carbocycles. The van der Waals surface area contributed by atoms with Gasteiger partial charge in [0.2, 0.25) is 0 Å². The molecule has 3 heteroatoms. The minimum Gasteiger partial charge on any atom is -0.397 e. The van der Waals surface area contributed by atoms with Crippen molar-refractivity contribution in [2.24, 2.45) is 17.8 Å². The second kappa shape index (κ2) is 3.63. The van der Waals surface area contributed by atoms with E-state index in [0.29, 0.717) is 5.15 Å². The van der Waals surface area contributed by atoms with Crippen LogP contribution in [0.15, 0.2) is 12.1 Å². The fourth-order valence-corrected chi connectivity index (χ4v) is 5.42. The van der Waals surface area contributed by atoms with Gasteiger partial charge in [0.25, 0.3) is 0 Å². The monoisotopic (exact) mass is 262 g/mol. The number of hydrogen-bond donors (Lipinski definition) is 1. The Morgan fingerprint density at radius 2 is 1.61 bits per heavy atom. The molecule has 18 heavy (non-hydrogen) atoms. The first-order valence-electron chi connectivity index (χ1n) is 7.07. The van der Waals surface area contributed by atoms with Gasteiger partial charge in [-0.3, -0.25) is 0 Å². The van der Waals surface area contributed by atoms with E-state index in [-0.39, 0.29) is 5.41 Å². The number of anilines is 1. The molecule has 96 valence electrons. The van der Waals surface area contributed by atoms with Crippen LogP contribution in [0.25, 0.3) is 0 Å². The molecule has 0 amide bonds. The first kappa shape index (κ1) is 11.1. The Bertz CT molecular complexity index is 462. The lowest BCUT2D eigenvalue weighted by molar-refractivity contribution is -0.00680. The third kappa shape index (κ3) is 1.51. The van der Waals surface area contributed by atoms with Gasteiger partial charge >= 0.3 is 0 Å². The number of rotatable bonds is 1. The third-order valence-corrected chi connectivity index (χ3v) is 5.64. The van der Waals surface area contributed by atoms with Gasteiger partial charge in [-0.1, -0.05) is 11.6 Å². The summed E-state index contributed by atoms with van der Waals surface area (Å²) >= 11 is 6.09. The highest BCUT2D eigenvalue weighted by Crippen LogP contribution is 2.61. The van der Waals surface area contributed by atoms with E-state index < -0.39 is 0 Å². The van der Waals surface area contributed by atoms with Crippen LogP contribution in [0.5, 0.6) is 0 Å². The number of aromatic nitrogens is 1. The molecule has 4 aliphatic carbocycles. The molecule has 1 aromatic rings. The van der Waals surface area contributed by atoms with Crippen molar-refractivity contribution in [3.05, 3.63) is 23.0 Å². The smallest absolute Gasteiger partial charge is 0.129 e. The first-order valence-corrected chi connectivity index (χ1v) is 7.45. The molecular weight excluding hydrogens is 244 g/mol. The summed E-state index contributed by atoms with van der Waals surface area (Å²) in [5.74, 6) is 2.74. The lowest BCUT2D eigenvalue weighted by Gasteiger charge is -2.56. The molecular formula is C15H19ClN2. The van der Waals surface area contributed by atoms with Crippen molar-refractivity contribution in [3.8, 4) is 0 Å². The van der Waals surface area contributed by atoms with Crippen molar-refractivity contribution in [3.63, 3.8) is 0 Å². The van der Waals surface area contributed by atoms with Gasteiger partial charge in [0.05, 0.1) is 11.4 Å². The molecule has 0 unspecified atom stereocenters. The van der Waals surface area contributed by atoms with Gasteiger partial charge in [-0.15, -0.1) is 0 Å². The lowest BCUT2D eigenvalue weighted by atomic mass is 9.48. The maximum Gasteiger partial charge on any atom is 0.129 e. The zero-order valence-electron chi connectivity index (χ0n) is 10.5. The Kier molecular flexibility index (Phi) is 2.24. The molecule has 4 saturated carbocycles. The van der Waals surface area contributed by atoms with Crippen molar-refractivity contribution < 1.29 is 0 Å². The largest absolute Gasteiger partial charge is 0.397 e. The van der Waals surface area contributed by atoms with Gasteiger partial charge in [-0.25, -0.2) is 4.98 Å². The Balaban J connectivity index is 1.81. The highest BCUT2D eigenvalue weighted by molar-refractivity contribution is 6.29. The number of halogens is 1. The van der Waals surface area contributed by atoms with Crippen LogP contribution in [0.3, 0.4) is 0 Å². The zero-order valence-corrected chi connectivity index (χ0v) is 11.3. The molecule has 4 aliphatic rings. The molecule has 0 radical (unpaired) electrons. The molecule has 2 nitrogen and oxygen atoms in total. The topological polar surface area (TPSA) is 38.9 Å². The first-order chi connectivity index (χ1) is 8.64. The minimum atomic E-state index is 0.254. The third-order valence-electron chi connectivity index (χ3n) is 5.43. The molecule has 0 atom stereocenters. The summed E-state index contributed by atoms with van der Waals surface area (Å²) in [6, 6.07) is 3.74. The highest BCUT2D eigenvalue weighted by atomic mass is 35.5. The zero-order chi connectivity index (χ0) is 12.3. The van der Waals surface area contributed by atoms with Gasteiger partial charge in [-0.2, -0.15) is 0 Å². The normalized spacial score (nSPS) is 41.3. The van der Waals surface area contributed by atoms with Crippen molar-refractivity contribution in [1.82, 2.24) is 4.98 Å². The van der Waals surface area contributed by atoms with Crippen molar-refractivity contribution in [2.75, 3.05) is 5.73 Å². The van der Waals surface area contributed by atoms with Crippen LogP contribution in [0, 0.1) is 17.8 Å². The van der Waals surface area contributed by atoms with Gasteiger partial charge in [0.1, 0.15) is 5.15 Å². The molecule has 4 bridgehead atoms. The second-order valence-electron chi connectivity index (χ2n) is 6.77. The van der Waals surface area contributed by atoms with Gasteiger partial charge in [-0.05, 0) is 68.4 Å². The molecule has 2 N–H and O–H groups in total. The lowest BCUT2D eigenvalue weighted by Crippen LogP contribution is -2.49. The molecule has 0 aliphatic heterocycles. The van der Waals surface area contributed by atoms with Gasteiger partial charge < -0.3 is 5.73 Å².